The lowest BCUT2D eigenvalue weighted by molar-refractivity contribution is -0.376. The predicted octanol–water partition coefficient (Wildman–Crippen LogP) is 2.88. The molecule has 23 heavy (non-hydrogen) atoms. The highest BCUT2D eigenvalue weighted by molar-refractivity contribution is 5.77. The molecule has 0 fully saturated rings. The summed E-state index contributed by atoms with van der Waals surface area (Å²) >= 11 is 0. The summed E-state index contributed by atoms with van der Waals surface area (Å²) in [5.41, 5.74) is -3.79. The maximum absolute atomic E-state index is 13.2. The fraction of sp³-hybridized carbons (Fsp3) is 0.538. The van der Waals surface area contributed by atoms with Gasteiger partial charge in [0.05, 0.1) is 5.69 Å². The number of rotatable bonds is 4. The number of carbonyl (C=O) groups excluding carboxylic acids is 1. The van der Waals surface area contributed by atoms with Crippen LogP contribution in [0.1, 0.15) is 24.6 Å². The van der Waals surface area contributed by atoms with Gasteiger partial charge in [0, 0.05) is 12.5 Å². The van der Waals surface area contributed by atoms with E-state index >= 15 is 0 Å². The molecule has 4 nitrogen and oxygen atoms in total. The molecule has 0 saturated carbocycles. The molecule has 0 radical (unpaired) electrons. The van der Waals surface area contributed by atoms with Crippen molar-refractivity contribution in [3.8, 4) is 0 Å². The lowest BCUT2D eigenvalue weighted by atomic mass is 10.1. The van der Waals surface area contributed by atoms with Crippen molar-refractivity contribution in [2.45, 2.75) is 45.2 Å². The number of aromatic nitrogens is 1. The summed E-state index contributed by atoms with van der Waals surface area (Å²) in [7, 11) is 0. The lowest BCUT2D eigenvalue weighted by Crippen LogP contribution is -2.72. The van der Waals surface area contributed by atoms with E-state index in [9.17, 15) is 31.1 Å². The topological polar surface area (TPSA) is 55.3 Å². The molecule has 3 N–H and O–H groups in total. The first kappa shape index (κ1) is 19.0. The largest absolute Gasteiger partial charge is 0.462 e. The number of pyridine rings is 1. The van der Waals surface area contributed by atoms with E-state index in [0.29, 0.717) is 11.3 Å². The van der Waals surface area contributed by atoms with Crippen LogP contribution in [0.2, 0.25) is 0 Å². The Kier molecular flexibility index (Phi) is 5.17. The first-order valence-electron chi connectivity index (χ1n) is 6.55. The molecule has 1 amide bonds. The van der Waals surface area contributed by atoms with E-state index in [1.165, 1.54) is 19.2 Å². The zero-order chi connectivity index (χ0) is 18.1. The van der Waals surface area contributed by atoms with Gasteiger partial charge in [0.25, 0.3) is 5.82 Å². The van der Waals surface area contributed by atoms with Crippen molar-refractivity contribution in [3.05, 3.63) is 23.4 Å². The molecule has 1 heterocycles. The molecule has 0 aliphatic heterocycles. The lowest BCUT2D eigenvalue weighted by Gasteiger charge is -2.34. The van der Waals surface area contributed by atoms with Crippen LogP contribution in [-0.2, 0) is 4.79 Å². The molecule has 0 saturated heterocycles. The molecule has 1 aromatic heterocycles. The van der Waals surface area contributed by atoms with Crippen molar-refractivity contribution < 1.29 is 36.1 Å². The third-order valence-electron chi connectivity index (χ3n) is 2.97. The van der Waals surface area contributed by atoms with E-state index in [2.05, 4.69) is 4.98 Å². The van der Waals surface area contributed by atoms with Gasteiger partial charge >= 0.3 is 18.0 Å². The Balaban J connectivity index is 3.45. The highest BCUT2D eigenvalue weighted by Gasteiger charge is 2.76. The first-order chi connectivity index (χ1) is 10.3. The second-order valence-corrected chi connectivity index (χ2v) is 5.03. The average Bonchev–Trinajstić information content (AvgIpc) is 2.33. The van der Waals surface area contributed by atoms with Crippen molar-refractivity contribution in [2.75, 3.05) is 5.32 Å². The van der Waals surface area contributed by atoms with E-state index in [-0.39, 0.29) is 0 Å². The van der Waals surface area contributed by atoms with Gasteiger partial charge in [0.1, 0.15) is 0 Å². The zero-order valence-corrected chi connectivity index (χ0v) is 12.5. The Labute approximate surface area is 128 Å². The molecular formula is C13H16F6N3O+. The number of anilines is 1. The van der Waals surface area contributed by atoms with Crippen LogP contribution in [0.25, 0.3) is 0 Å². The number of amides is 1. The van der Waals surface area contributed by atoms with Crippen LogP contribution < -0.4 is 15.6 Å². The van der Waals surface area contributed by atoms with Gasteiger partial charge in [-0.1, -0.05) is 6.92 Å². The van der Waals surface area contributed by atoms with E-state index in [1.807, 2.05) is 0 Å². The number of aromatic amines is 1. The molecule has 0 spiro atoms. The van der Waals surface area contributed by atoms with E-state index in [1.54, 1.807) is 6.07 Å². The summed E-state index contributed by atoms with van der Waals surface area (Å²) in [6, 6.07) is 2.62. The second-order valence-electron chi connectivity index (χ2n) is 5.03. The summed E-state index contributed by atoms with van der Waals surface area (Å²) in [5, 5.41) is 2.41. The number of hydrogen-bond donors (Lipinski definition) is 2. The fourth-order valence-corrected chi connectivity index (χ4v) is 1.94. The van der Waals surface area contributed by atoms with Gasteiger partial charge < -0.3 is 0 Å². The van der Waals surface area contributed by atoms with E-state index in [4.69, 9.17) is 0 Å². The number of carbonyl (C=O) groups is 1. The minimum absolute atomic E-state index is 0.354. The molecule has 1 rings (SSSR count). The van der Waals surface area contributed by atoms with Crippen LogP contribution in [0.5, 0.6) is 0 Å². The van der Waals surface area contributed by atoms with Crippen molar-refractivity contribution in [3.63, 3.8) is 0 Å². The Morgan fingerprint density at radius 2 is 1.61 bits per heavy atom. The quantitative estimate of drug-likeness (QED) is 0.652. The Bertz CT molecular complexity index is 548. The predicted molar refractivity (Wildman–Crippen MR) is 69.4 cm³/mol. The van der Waals surface area contributed by atoms with Crippen LogP contribution in [0.3, 0.4) is 0 Å². The van der Waals surface area contributed by atoms with Crippen molar-refractivity contribution in [1.82, 2.24) is 5.32 Å². The summed E-state index contributed by atoms with van der Waals surface area (Å²) < 4.78 is 79.5. The molecule has 10 heteroatoms. The number of nitrogens with one attached hydrogen (secondary N) is 3. The van der Waals surface area contributed by atoms with Crippen LogP contribution in [0.4, 0.5) is 32.2 Å². The molecule has 0 unspecified atom stereocenters. The normalized spacial score (nSPS) is 12.9. The minimum Gasteiger partial charge on any atom is -0.300 e. The summed E-state index contributed by atoms with van der Waals surface area (Å²) in [5.74, 6) is -1.91. The Hall–Kier alpha value is -2.00. The van der Waals surface area contributed by atoms with Crippen molar-refractivity contribution in [1.29, 1.82) is 0 Å². The van der Waals surface area contributed by atoms with Crippen LogP contribution >= 0.6 is 0 Å². The smallest absolute Gasteiger partial charge is 0.300 e. The molecule has 0 aliphatic rings. The maximum Gasteiger partial charge on any atom is 0.462 e. The second kappa shape index (κ2) is 6.25. The van der Waals surface area contributed by atoms with Gasteiger partial charge in [0.2, 0.25) is 5.91 Å². The maximum atomic E-state index is 13.2. The number of halogens is 6. The molecule has 0 aliphatic carbocycles. The summed E-state index contributed by atoms with van der Waals surface area (Å²) in [6.45, 7) is 4.14. The molecule has 130 valence electrons. The number of H-pyrrole nitrogens is 1. The van der Waals surface area contributed by atoms with Gasteiger partial charge in [-0.15, -0.1) is 0 Å². The number of hydrogen-bond acceptors (Lipinski definition) is 2. The van der Waals surface area contributed by atoms with Gasteiger partial charge in [-0.3, -0.25) is 10.1 Å². The summed E-state index contributed by atoms with van der Waals surface area (Å²) in [4.78, 5) is 13.7. The number of alkyl halides is 6. The van der Waals surface area contributed by atoms with Crippen LogP contribution in [-0.4, -0.2) is 23.9 Å². The van der Waals surface area contributed by atoms with Gasteiger partial charge in [-0.25, -0.2) is 10.3 Å². The Morgan fingerprint density at radius 3 is 2.00 bits per heavy atom. The third-order valence-corrected chi connectivity index (χ3v) is 2.97. The van der Waals surface area contributed by atoms with E-state index < -0.39 is 36.2 Å². The monoisotopic (exact) mass is 344 g/mol. The standard InChI is InChI=1S/C13H15F6N3O/c1-4-10(23)22-11(12(14,15)16,13(17,18)19)21-9-6-7(2)5-8(3)20-9/h5-6H,4H2,1-3H3,(H,20,21)(H,22,23)/p+1. The molecule has 1 aromatic rings. The highest BCUT2D eigenvalue weighted by Crippen LogP contribution is 2.43. The molecule has 0 atom stereocenters. The van der Waals surface area contributed by atoms with Crippen LogP contribution in [0, 0.1) is 13.8 Å². The third kappa shape index (κ3) is 4.05. The molecule has 0 aromatic carbocycles. The summed E-state index contributed by atoms with van der Waals surface area (Å²) in [6.07, 6.45) is -12.2. The minimum atomic E-state index is -5.82. The van der Waals surface area contributed by atoms with Gasteiger partial charge in [-0.2, -0.15) is 26.3 Å². The molecule has 0 bridgehead atoms. The fourth-order valence-electron chi connectivity index (χ4n) is 1.94. The average molecular weight is 344 g/mol. The number of aryl methyl sites for hydroxylation is 2. The van der Waals surface area contributed by atoms with Crippen molar-refractivity contribution >= 4 is 11.7 Å². The highest BCUT2D eigenvalue weighted by atomic mass is 19.4. The van der Waals surface area contributed by atoms with Gasteiger partial charge in [0.15, 0.2) is 0 Å². The Morgan fingerprint density at radius 1 is 1.09 bits per heavy atom. The first-order valence-corrected chi connectivity index (χ1v) is 6.55. The SMILES string of the molecule is CCC(=O)NC(Nc1cc(C)cc(C)[nH+]1)(C(F)(F)F)C(F)(F)F. The molecular weight excluding hydrogens is 328 g/mol. The zero-order valence-electron chi connectivity index (χ0n) is 12.5. The van der Waals surface area contributed by atoms with Crippen molar-refractivity contribution in [2.24, 2.45) is 0 Å². The van der Waals surface area contributed by atoms with Gasteiger partial charge in [-0.05, 0) is 25.5 Å². The van der Waals surface area contributed by atoms with Crippen LogP contribution in [0.15, 0.2) is 12.1 Å². The van der Waals surface area contributed by atoms with E-state index in [0.717, 1.165) is 18.3 Å².